The smallest absolute Gasteiger partial charge is 0.411 e. The molecule has 0 saturated carbocycles. The van der Waals surface area contributed by atoms with Gasteiger partial charge in [-0.25, -0.2) is 0 Å². The maximum absolute atomic E-state index is 11.8. The number of alkyl halides is 3. The third-order valence-electron chi connectivity index (χ3n) is 2.42. The second kappa shape index (κ2) is 7.85. The lowest BCUT2D eigenvalue weighted by Crippen LogP contribution is -2.18. The van der Waals surface area contributed by atoms with E-state index in [0.717, 1.165) is 10.0 Å². The summed E-state index contributed by atoms with van der Waals surface area (Å²) < 4.78 is 46.4. The number of nitrogens with two attached hydrogens (primary N) is 1. The lowest BCUT2D eigenvalue weighted by Gasteiger charge is -2.14. The van der Waals surface area contributed by atoms with Gasteiger partial charge in [-0.15, -0.1) is 0 Å². The van der Waals surface area contributed by atoms with Gasteiger partial charge in [0.1, 0.15) is 12.4 Å². The van der Waals surface area contributed by atoms with Crippen LogP contribution in [-0.4, -0.2) is 26.0 Å². The van der Waals surface area contributed by atoms with E-state index in [0.29, 0.717) is 12.2 Å². The van der Waals surface area contributed by atoms with Crippen molar-refractivity contribution >= 4 is 15.9 Å². The summed E-state index contributed by atoms with van der Waals surface area (Å²) >= 11 is 3.35. The average molecular weight is 356 g/mol. The normalized spacial score (nSPS) is 13.3. The first-order valence-corrected chi connectivity index (χ1v) is 6.91. The third kappa shape index (κ3) is 6.58. The number of rotatable bonds is 7. The summed E-state index contributed by atoms with van der Waals surface area (Å²) in [5.41, 5.74) is 6.68. The third-order valence-corrected chi connectivity index (χ3v) is 2.91. The molecule has 0 amide bonds. The molecule has 114 valence electrons. The minimum absolute atomic E-state index is 0.00352. The van der Waals surface area contributed by atoms with Gasteiger partial charge in [-0.3, -0.25) is 0 Å². The Kier molecular flexibility index (Phi) is 6.78. The van der Waals surface area contributed by atoms with Crippen molar-refractivity contribution < 1.29 is 22.6 Å². The van der Waals surface area contributed by atoms with Crippen LogP contribution in [0.2, 0.25) is 0 Å². The fraction of sp³-hybridized carbons (Fsp3) is 0.538. The molecular weight excluding hydrogens is 339 g/mol. The number of hydrogen-bond acceptors (Lipinski definition) is 3. The first-order chi connectivity index (χ1) is 9.29. The van der Waals surface area contributed by atoms with Gasteiger partial charge in [-0.05, 0) is 25.1 Å². The van der Waals surface area contributed by atoms with Gasteiger partial charge in [0.25, 0.3) is 0 Å². The summed E-state index contributed by atoms with van der Waals surface area (Å²) in [7, 11) is 0. The van der Waals surface area contributed by atoms with E-state index in [-0.39, 0.29) is 19.3 Å². The SMILES string of the molecule is CC(N)c1cc(Br)ccc1OCCCOCC(F)(F)F. The van der Waals surface area contributed by atoms with Crippen LogP contribution >= 0.6 is 15.9 Å². The van der Waals surface area contributed by atoms with Crippen LogP contribution in [0.5, 0.6) is 5.75 Å². The summed E-state index contributed by atoms with van der Waals surface area (Å²) in [6.45, 7) is 0.889. The molecule has 0 aliphatic carbocycles. The van der Waals surface area contributed by atoms with Gasteiger partial charge in [0.2, 0.25) is 0 Å². The van der Waals surface area contributed by atoms with Gasteiger partial charge in [-0.2, -0.15) is 13.2 Å². The summed E-state index contributed by atoms with van der Waals surface area (Å²) in [5, 5.41) is 0. The monoisotopic (exact) mass is 355 g/mol. The zero-order chi connectivity index (χ0) is 15.2. The number of ether oxygens (including phenoxy) is 2. The van der Waals surface area contributed by atoms with Crippen LogP contribution in [0.1, 0.15) is 24.9 Å². The van der Waals surface area contributed by atoms with Crippen LogP contribution in [0.4, 0.5) is 13.2 Å². The van der Waals surface area contributed by atoms with Gasteiger partial charge >= 0.3 is 6.18 Å². The molecule has 0 aliphatic rings. The quantitative estimate of drug-likeness (QED) is 0.756. The molecule has 1 atom stereocenters. The molecule has 1 aromatic carbocycles. The van der Waals surface area contributed by atoms with Crippen molar-refractivity contribution in [1.82, 2.24) is 0 Å². The molecule has 7 heteroatoms. The molecule has 0 bridgehead atoms. The average Bonchev–Trinajstić information content (AvgIpc) is 2.33. The number of halogens is 4. The van der Waals surface area contributed by atoms with Gasteiger partial charge in [0.05, 0.1) is 13.2 Å². The van der Waals surface area contributed by atoms with E-state index in [1.54, 1.807) is 6.07 Å². The first kappa shape index (κ1) is 17.3. The van der Waals surface area contributed by atoms with Crippen molar-refractivity contribution in [2.45, 2.75) is 25.6 Å². The fourth-order valence-corrected chi connectivity index (χ4v) is 1.92. The fourth-order valence-electron chi connectivity index (χ4n) is 1.54. The maximum atomic E-state index is 11.8. The van der Waals surface area contributed by atoms with Crippen LogP contribution in [0, 0.1) is 0 Å². The Morgan fingerprint density at radius 2 is 2.00 bits per heavy atom. The highest BCUT2D eigenvalue weighted by Gasteiger charge is 2.27. The Balaban J connectivity index is 2.35. The minimum Gasteiger partial charge on any atom is -0.493 e. The van der Waals surface area contributed by atoms with E-state index < -0.39 is 12.8 Å². The van der Waals surface area contributed by atoms with E-state index >= 15 is 0 Å². The molecule has 1 aromatic rings. The molecule has 0 fully saturated rings. The van der Waals surface area contributed by atoms with Crippen LogP contribution in [0.15, 0.2) is 22.7 Å². The topological polar surface area (TPSA) is 44.5 Å². The van der Waals surface area contributed by atoms with Gasteiger partial charge < -0.3 is 15.2 Å². The molecule has 0 heterocycles. The first-order valence-electron chi connectivity index (χ1n) is 6.12. The van der Waals surface area contributed by atoms with Crippen molar-refractivity contribution in [2.24, 2.45) is 5.73 Å². The number of benzene rings is 1. The van der Waals surface area contributed by atoms with Crippen molar-refractivity contribution in [1.29, 1.82) is 0 Å². The molecule has 1 unspecified atom stereocenters. The number of hydrogen-bond donors (Lipinski definition) is 1. The largest absolute Gasteiger partial charge is 0.493 e. The standard InChI is InChI=1S/C13H17BrF3NO2/c1-9(18)11-7-10(14)3-4-12(11)20-6-2-5-19-8-13(15,16)17/h3-4,7,9H,2,5-6,8,18H2,1H3. The van der Waals surface area contributed by atoms with Gasteiger partial charge in [0, 0.05) is 22.5 Å². The van der Waals surface area contributed by atoms with Gasteiger partial charge in [-0.1, -0.05) is 15.9 Å². The van der Waals surface area contributed by atoms with Crippen molar-refractivity contribution in [2.75, 3.05) is 19.8 Å². The highest BCUT2D eigenvalue weighted by Crippen LogP contribution is 2.27. The highest BCUT2D eigenvalue weighted by molar-refractivity contribution is 9.10. The van der Waals surface area contributed by atoms with E-state index in [2.05, 4.69) is 20.7 Å². The second-order valence-electron chi connectivity index (χ2n) is 4.34. The highest BCUT2D eigenvalue weighted by atomic mass is 79.9. The Morgan fingerprint density at radius 3 is 2.60 bits per heavy atom. The van der Waals surface area contributed by atoms with Crippen molar-refractivity contribution in [3.63, 3.8) is 0 Å². The zero-order valence-corrected chi connectivity index (χ0v) is 12.6. The Bertz CT molecular complexity index is 425. The van der Waals surface area contributed by atoms with Crippen LogP contribution < -0.4 is 10.5 Å². The van der Waals surface area contributed by atoms with E-state index in [1.165, 1.54) is 0 Å². The van der Waals surface area contributed by atoms with Crippen molar-refractivity contribution in [3.8, 4) is 5.75 Å². The predicted molar refractivity (Wildman–Crippen MR) is 73.7 cm³/mol. The van der Waals surface area contributed by atoms with Crippen LogP contribution in [-0.2, 0) is 4.74 Å². The predicted octanol–water partition coefficient (Wildman–Crippen LogP) is 3.82. The molecule has 20 heavy (non-hydrogen) atoms. The minimum atomic E-state index is -4.28. The lowest BCUT2D eigenvalue weighted by atomic mass is 10.1. The Hall–Kier alpha value is -0.790. The summed E-state index contributed by atoms with van der Waals surface area (Å²) in [5.74, 6) is 0.638. The molecule has 0 spiro atoms. The molecule has 3 nitrogen and oxygen atoms in total. The zero-order valence-electron chi connectivity index (χ0n) is 11.0. The van der Waals surface area contributed by atoms with Crippen LogP contribution in [0.25, 0.3) is 0 Å². The lowest BCUT2D eigenvalue weighted by molar-refractivity contribution is -0.174. The molecule has 0 saturated heterocycles. The maximum Gasteiger partial charge on any atom is 0.411 e. The summed E-state index contributed by atoms with van der Waals surface area (Å²) in [6.07, 6.45) is -3.90. The molecule has 2 N–H and O–H groups in total. The Morgan fingerprint density at radius 1 is 1.30 bits per heavy atom. The summed E-state index contributed by atoms with van der Waals surface area (Å²) in [6, 6.07) is 5.27. The van der Waals surface area contributed by atoms with Crippen LogP contribution in [0.3, 0.4) is 0 Å². The molecule has 0 radical (unpaired) electrons. The summed E-state index contributed by atoms with van der Waals surface area (Å²) in [4.78, 5) is 0. The molecule has 0 aliphatic heterocycles. The van der Waals surface area contributed by atoms with E-state index in [4.69, 9.17) is 10.5 Å². The van der Waals surface area contributed by atoms with Crippen molar-refractivity contribution in [3.05, 3.63) is 28.2 Å². The van der Waals surface area contributed by atoms with Gasteiger partial charge in [0.15, 0.2) is 0 Å². The molecular formula is C13H17BrF3NO2. The van der Waals surface area contributed by atoms with E-state index in [1.807, 2.05) is 19.1 Å². The van der Waals surface area contributed by atoms with E-state index in [9.17, 15) is 13.2 Å². The second-order valence-corrected chi connectivity index (χ2v) is 5.26. The molecule has 1 rings (SSSR count). The Labute approximate surface area is 124 Å². The molecule has 0 aromatic heterocycles.